The number of halogens is 2. The minimum atomic E-state index is -0.340. The molecule has 114 valence electrons. The molecule has 5 rings (SSSR count). The van der Waals surface area contributed by atoms with Crippen LogP contribution in [0, 0.1) is 23.2 Å². The van der Waals surface area contributed by atoms with Crippen molar-refractivity contribution >= 4 is 31.9 Å². The van der Waals surface area contributed by atoms with Crippen LogP contribution in [0.25, 0.3) is 0 Å². The first-order valence-electron chi connectivity index (χ1n) is 8.16. The van der Waals surface area contributed by atoms with Gasteiger partial charge >= 0.3 is 0 Å². The zero-order valence-electron chi connectivity index (χ0n) is 12.2. The molecule has 0 aromatic heterocycles. The van der Waals surface area contributed by atoms with E-state index in [9.17, 15) is 5.11 Å². The van der Waals surface area contributed by atoms with Gasteiger partial charge in [-0.25, -0.2) is 0 Å². The minimum absolute atomic E-state index is 0.340. The quantitative estimate of drug-likeness (QED) is 0.658. The first-order valence-corrected chi connectivity index (χ1v) is 9.75. The number of benzene rings is 1. The van der Waals surface area contributed by atoms with Crippen LogP contribution < -0.4 is 0 Å². The van der Waals surface area contributed by atoms with Crippen molar-refractivity contribution in [2.24, 2.45) is 23.2 Å². The Morgan fingerprint density at radius 3 is 2.19 bits per heavy atom. The van der Waals surface area contributed by atoms with Gasteiger partial charge in [0, 0.05) is 8.95 Å². The molecule has 1 aromatic rings. The maximum Gasteiger partial charge on any atom is 0.0806 e. The average molecular weight is 414 g/mol. The van der Waals surface area contributed by atoms with Crippen LogP contribution in [0.4, 0.5) is 0 Å². The van der Waals surface area contributed by atoms with Gasteiger partial charge in [-0.1, -0.05) is 31.9 Å². The van der Waals surface area contributed by atoms with Gasteiger partial charge in [0.05, 0.1) is 6.10 Å². The van der Waals surface area contributed by atoms with Crippen molar-refractivity contribution in [2.75, 3.05) is 0 Å². The molecule has 4 bridgehead atoms. The maximum atomic E-state index is 10.8. The molecule has 4 fully saturated rings. The summed E-state index contributed by atoms with van der Waals surface area (Å²) in [6, 6.07) is 6.11. The average Bonchev–Trinajstić information content (AvgIpc) is 2.39. The topological polar surface area (TPSA) is 20.2 Å². The van der Waals surface area contributed by atoms with Gasteiger partial charge in [-0.2, -0.15) is 0 Å². The van der Waals surface area contributed by atoms with Crippen molar-refractivity contribution in [3.05, 3.63) is 32.7 Å². The third kappa shape index (κ3) is 2.74. The summed E-state index contributed by atoms with van der Waals surface area (Å²) in [5.41, 5.74) is 1.47. The summed E-state index contributed by atoms with van der Waals surface area (Å²) in [6.07, 6.45) is 9.10. The van der Waals surface area contributed by atoms with E-state index in [2.05, 4.69) is 37.9 Å². The zero-order chi connectivity index (χ0) is 14.6. The molecule has 1 nitrogen and oxygen atoms in total. The van der Waals surface area contributed by atoms with Crippen LogP contribution in [0.5, 0.6) is 0 Å². The first-order chi connectivity index (χ1) is 10.0. The van der Waals surface area contributed by atoms with E-state index in [1.165, 1.54) is 38.5 Å². The number of aliphatic hydroxyl groups is 1. The van der Waals surface area contributed by atoms with Crippen molar-refractivity contribution in [3.63, 3.8) is 0 Å². The Bertz CT molecular complexity index is 519. The lowest BCUT2D eigenvalue weighted by atomic mass is 9.48. The third-order valence-electron chi connectivity index (χ3n) is 6.11. The molecule has 0 radical (unpaired) electrons. The molecule has 4 saturated carbocycles. The highest BCUT2D eigenvalue weighted by Gasteiger charge is 2.51. The van der Waals surface area contributed by atoms with Crippen molar-refractivity contribution < 1.29 is 5.11 Å². The van der Waals surface area contributed by atoms with Gasteiger partial charge in [0.15, 0.2) is 0 Å². The van der Waals surface area contributed by atoms with Crippen molar-refractivity contribution in [1.29, 1.82) is 0 Å². The normalized spacial score (nSPS) is 38.7. The van der Waals surface area contributed by atoms with Gasteiger partial charge in [-0.05, 0) is 91.9 Å². The summed E-state index contributed by atoms with van der Waals surface area (Å²) >= 11 is 7.13. The molecule has 4 aliphatic carbocycles. The monoisotopic (exact) mass is 412 g/mol. The zero-order valence-corrected chi connectivity index (χ0v) is 15.4. The molecule has 0 spiro atoms. The number of hydrogen-bond acceptors (Lipinski definition) is 1. The third-order valence-corrected chi connectivity index (χ3v) is 7.32. The summed E-state index contributed by atoms with van der Waals surface area (Å²) in [6.45, 7) is 0. The predicted octanol–water partition coefficient (Wildman–Crippen LogP) is 5.85. The molecule has 0 heterocycles. The summed E-state index contributed by atoms with van der Waals surface area (Å²) in [7, 11) is 0. The molecule has 4 aliphatic rings. The molecule has 0 saturated heterocycles. The predicted molar refractivity (Wildman–Crippen MR) is 92.0 cm³/mol. The van der Waals surface area contributed by atoms with Gasteiger partial charge < -0.3 is 5.11 Å². The first kappa shape index (κ1) is 14.7. The summed E-state index contributed by atoms with van der Waals surface area (Å²) in [5, 5.41) is 10.8. The molecule has 1 atom stereocenters. The van der Waals surface area contributed by atoms with Gasteiger partial charge in [0.2, 0.25) is 0 Å². The fourth-order valence-corrected chi connectivity index (χ4v) is 6.72. The van der Waals surface area contributed by atoms with Crippen molar-refractivity contribution in [2.45, 2.75) is 51.0 Å². The smallest absolute Gasteiger partial charge is 0.0806 e. The highest BCUT2D eigenvalue weighted by Crippen LogP contribution is 2.62. The highest BCUT2D eigenvalue weighted by molar-refractivity contribution is 9.11. The molecule has 0 aliphatic heterocycles. The van der Waals surface area contributed by atoms with Crippen LogP contribution in [0.2, 0.25) is 0 Å². The van der Waals surface area contributed by atoms with E-state index >= 15 is 0 Å². The van der Waals surface area contributed by atoms with Crippen LogP contribution in [0.1, 0.15) is 56.6 Å². The van der Waals surface area contributed by atoms with Crippen LogP contribution in [0.3, 0.4) is 0 Å². The molecule has 1 aromatic carbocycles. The van der Waals surface area contributed by atoms with Gasteiger partial charge in [-0.3, -0.25) is 0 Å². The second kappa shape index (κ2) is 5.35. The van der Waals surface area contributed by atoms with Crippen molar-refractivity contribution in [3.8, 4) is 0 Å². The molecule has 21 heavy (non-hydrogen) atoms. The Hall–Kier alpha value is 0.140. The molecular formula is C18H22Br2O. The van der Waals surface area contributed by atoms with E-state index in [0.29, 0.717) is 5.41 Å². The molecule has 0 amide bonds. The molecule has 1 N–H and O–H groups in total. The van der Waals surface area contributed by atoms with Gasteiger partial charge in [0.25, 0.3) is 0 Å². The van der Waals surface area contributed by atoms with Crippen LogP contribution in [0.15, 0.2) is 27.1 Å². The van der Waals surface area contributed by atoms with E-state index in [-0.39, 0.29) is 6.10 Å². The fraction of sp³-hybridized carbons (Fsp3) is 0.667. The molecular weight excluding hydrogens is 392 g/mol. The molecule has 3 heteroatoms. The van der Waals surface area contributed by atoms with Crippen LogP contribution in [-0.4, -0.2) is 5.11 Å². The lowest BCUT2D eigenvalue weighted by molar-refractivity contribution is -0.0765. The SMILES string of the molecule is OC(CC12CC3CC(CC(C3)C1)C2)c1cc(Br)ccc1Br. The Morgan fingerprint density at radius 1 is 1.05 bits per heavy atom. The number of hydrogen-bond donors (Lipinski definition) is 1. The van der Waals surface area contributed by atoms with E-state index < -0.39 is 0 Å². The van der Waals surface area contributed by atoms with E-state index in [0.717, 1.165) is 38.7 Å². The summed E-state index contributed by atoms with van der Waals surface area (Å²) in [5.74, 6) is 2.86. The lowest BCUT2D eigenvalue weighted by Gasteiger charge is -2.57. The second-order valence-corrected chi connectivity index (χ2v) is 9.57. The minimum Gasteiger partial charge on any atom is -0.388 e. The summed E-state index contributed by atoms with van der Waals surface area (Å²) < 4.78 is 2.08. The second-order valence-electron chi connectivity index (χ2n) is 7.80. The Kier molecular flexibility index (Phi) is 3.75. The lowest BCUT2D eigenvalue weighted by Crippen LogP contribution is -2.46. The van der Waals surface area contributed by atoms with E-state index in [4.69, 9.17) is 0 Å². The summed E-state index contributed by atoms with van der Waals surface area (Å²) in [4.78, 5) is 0. The maximum absolute atomic E-state index is 10.8. The number of rotatable bonds is 3. The van der Waals surface area contributed by atoms with E-state index in [1.807, 2.05) is 12.1 Å². The Morgan fingerprint density at radius 2 is 1.62 bits per heavy atom. The van der Waals surface area contributed by atoms with E-state index in [1.54, 1.807) is 0 Å². The Balaban J connectivity index is 1.56. The molecule has 1 unspecified atom stereocenters. The largest absolute Gasteiger partial charge is 0.388 e. The van der Waals surface area contributed by atoms with Crippen LogP contribution in [-0.2, 0) is 0 Å². The fourth-order valence-electron chi connectivity index (χ4n) is 5.83. The Labute approximate surface area is 143 Å². The number of aliphatic hydroxyl groups excluding tert-OH is 1. The van der Waals surface area contributed by atoms with Gasteiger partial charge in [0.1, 0.15) is 0 Å². The standard InChI is InChI=1S/C18H22Br2O/c19-14-1-2-16(20)15(6-14)17(21)10-18-7-11-3-12(8-18)5-13(4-11)9-18/h1-2,6,11-13,17,21H,3-5,7-10H2. The van der Waals surface area contributed by atoms with Crippen molar-refractivity contribution in [1.82, 2.24) is 0 Å². The van der Waals surface area contributed by atoms with Gasteiger partial charge in [-0.15, -0.1) is 0 Å². The highest BCUT2D eigenvalue weighted by atomic mass is 79.9. The van der Waals surface area contributed by atoms with Crippen LogP contribution >= 0.6 is 31.9 Å².